The van der Waals surface area contributed by atoms with E-state index in [0.717, 1.165) is 36.1 Å². The number of piperidine rings is 1. The van der Waals surface area contributed by atoms with Crippen molar-refractivity contribution in [3.63, 3.8) is 0 Å². The molecule has 0 amide bonds. The highest BCUT2D eigenvalue weighted by Gasteiger charge is 2.72. The number of hydrogen-bond donors (Lipinski definition) is 3. The van der Waals surface area contributed by atoms with Crippen molar-refractivity contribution in [2.45, 2.75) is 82.0 Å². The van der Waals surface area contributed by atoms with Gasteiger partial charge in [-0.25, -0.2) is 0 Å². The summed E-state index contributed by atoms with van der Waals surface area (Å²) in [4.78, 5) is 25.5. The van der Waals surface area contributed by atoms with Crippen LogP contribution < -0.4 is 4.74 Å². The summed E-state index contributed by atoms with van der Waals surface area (Å²) in [5.41, 5.74) is 2.51. The van der Waals surface area contributed by atoms with Crippen LogP contribution >= 0.6 is 0 Å². The van der Waals surface area contributed by atoms with Crippen LogP contribution in [0.15, 0.2) is 36.4 Å². The number of likely N-dealkylation sites (N-methyl/N-ethyl adjacent to an activating group) is 1. The maximum atomic E-state index is 12.5. The van der Waals surface area contributed by atoms with E-state index in [1.807, 2.05) is 37.4 Å². The molecule has 6 rings (SSSR count). The Labute approximate surface area is 218 Å². The molecule has 0 aromatic heterocycles. The first-order valence-corrected chi connectivity index (χ1v) is 13.3. The molecule has 1 saturated carbocycles. The molecule has 2 aromatic carbocycles. The van der Waals surface area contributed by atoms with Gasteiger partial charge in [-0.3, -0.25) is 9.59 Å². The minimum absolute atomic E-state index is 0.00319. The molecule has 5 atom stereocenters. The number of phenols is 1. The molecule has 7 heteroatoms. The smallest absolute Gasteiger partial charge is 0.310 e. The minimum atomic E-state index is -0.954. The summed E-state index contributed by atoms with van der Waals surface area (Å²) in [7, 11) is 2.04. The lowest BCUT2D eigenvalue weighted by atomic mass is 9.49. The Balaban J connectivity index is 0.000000165. The van der Waals surface area contributed by atoms with Crippen molar-refractivity contribution in [2.75, 3.05) is 13.6 Å². The predicted molar refractivity (Wildman–Crippen MR) is 139 cm³/mol. The van der Waals surface area contributed by atoms with Gasteiger partial charge >= 0.3 is 5.97 Å². The number of carboxylic acids is 1. The average Bonchev–Trinajstić information content (AvgIpc) is 3.22. The van der Waals surface area contributed by atoms with Crippen LogP contribution in [0.1, 0.15) is 68.2 Å². The molecule has 2 aliphatic carbocycles. The van der Waals surface area contributed by atoms with Crippen molar-refractivity contribution in [1.29, 1.82) is 0 Å². The minimum Gasteiger partial charge on any atom is -0.504 e. The second-order valence-corrected chi connectivity index (χ2v) is 11.7. The van der Waals surface area contributed by atoms with Gasteiger partial charge in [-0.1, -0.05) is 44.2 Å². The first kappa shape index (κ1) is 25.7. The van der Waals surface area contributed by atoms with Gasteiger partial charge in [0.2, 0.25) is 0 Å². The zero-order chi connectivity index (χ0) is 26.7. The van der Waals surface area contributed by atoms with Crippen molar-refractivity contribution in [3.8, 4) is 11.5 Å². The number of nitrogens with zero attached hydrogens (tertiary/aromatic N) is 1. The van der Waals surface area contributed by atoms with Crippen molar-refractivity contribution >= 4 is 11.8 Å². The Morgan fingerprint density at radius 1 is 1.14 bits per heavy atom. The first-order valence-electron chi connectivity index (χ1n) is 13.3. The quantitative estimate of drug-likeness (QED) is 0.578. The van der Waals surface area contributed by atoms with Crippen LogP contribution in [0.4, 0.5) is 0 Å². The molecule has 3 N–H and O–H groups in total. The van der Waals surface area contributed by atoms with Crippen molar-refractivity contribution in [2.24, 2.45) is 5.92 Å². The Morgan fingerprint density at radius 3 is 2.49 bits per heavy atom. The number of carbonyl (C=O) groups excluding carboxylic acids is 1. The third kappa shape index (κ3) is 3.86. The summed E-state index contributed by atoms with van der Waals surface area (Å²) in [6.07, 6.45) is 2.65. The fourth-order valence-corrected chi connectivity index (χ4v) is 7.09. The summed E-state index contributed by atoms with van der Waals surface area (Å²) in [5.74, 6) is 0.00289. The van der Waals surface area contributed by atoms with E-state index in [-0.39, 0.29) is 17.6 Å². The van der Waals surface area contributed by atoms with Crippen molar-refractivity contribution in [1.82, 2.24) is 4.90 Å². The van der Waals surface area contributed by atoms with Gasteiger partial charge in [-0.05, 0) is 74.9 Å². The van der Waals surface area contributed by atoms with E-state index in [1.165, 1.54) is 5.56 Å². The van der Waals surface area contributed by atoms with E-state index in [0.29, 0.717) is 30.9 Å². The lowest BCUT2D eigenvalue weighted by Gasteiger charge is -2.61. The van der Waals surface area contributed by atoms with Gasteiger partial charge in [0.1, 0.15) is 0 Å². The van der Waals surface area contributed by atoms with E-state index >= 15 is 0 Å². The van der Waals surface area contributed by atoms with Crippen LogP contribution in [0.2, 0.25) is 0 Å². The molecule has 7 nitrogen and oxygen atoms in total. The van der Waals surface area contributed by atoms with Gasteiger partial charge in [-0.2, -0.15) is 0 Å². The highest BCUT2D eigenvalue weighted by Crippen LogP contribution is 2.64. The molecular weight excluding hydrogens is 470 g/mol. The molecule has 1 saturated heterocycles. The second kappa shape index (κ2) is 9.14. The summed E-state index contributed by atoms with van der Waals surface area (Å²) in [5, 5.41) is 30.7. The maximum Gasteiger partial charge on any atom is 0.310 e. The normalized spacial score (nSPS) is 30.2. The van der Waals surface area contributed by atoms with E-state index in [1.54, 1.807) is 13.0 Å². The van der Waals surface area contributed by atoms with Crippen LogP contribution in [0.5, 0.6) is 11.5 Å². The lowest BCUT2D eigenvalue weighted by molar-refractivity contribution is -0.185. The first-order chi connectivity index (χ1) is 17.5. The molecule has 4 aliphatic rings. The Morgan fingerprint density at radius 2 is 1.84 bits per heavy atom. The SMILES string of the molecule is CC(C)Cc1ccc(C(C)C(=O)O)cc1.CN1CC[C@]23c4c5ccc(O)c4O[C@H]2C(=O)CC[C@@]3(O)[C@H]1C5. The number of phenolic OH excluding ortho intramolecular Hbond substituents is 1. The molecule has 198 valence electrons. The molecule has 2 aliphatic heterocycles. The van der Waals surface area contributed by atoms with Gasteiger partial charge < -0.3 is 25.0 Å². The third-order valence-corrected chi connectivity index (χ3v) is 9.02. The Hall–Kier alpha value is -2.90. The number of aliphatic hydroxyl groups is 1. The number of hydrogen-bond acceptors (Lipinski definition) is 6. The molecule has 1 unspecified atom stereocenters. The van der Waals surface area contributed by atoms with E-state index < -0.39 is 29.0 Å². The second-order valence-electron chi connectivity index (χ2n) is 11.7. The molecule has 37 heavy (non-hydrogen) atoms. The van der Waals surface area contributed by atoms with E-state index in [2.05, 4.69) is 18.7 Å². The standard InChI is InChI=1S/C17H19NO4.C13H18O2/c1-18-7-6-16-13-9-2-3-10(19)14(13)22-15(16)11(20)4-5-17(16,21)12(18)8-9;1-9(2)8-11-4-6-12(7-5-11)10(3)13(14)15/h2-3,12,15,19,21H,4-8H2,1H3;4-7,9-10H,8H2,1-3H3,(H,14,15)/t12-,15+,16+,17-;/m1./s1. The summed E-state index contributed by atoms with van der Waals surface area (Å²) >= 11 is 0. The molecule has 2 fully saturated rings. The fraction of sp³-hybridized carbons (Fsp3) is 0.533. The van der Waals surface area contributed by atoms with Gasteiger partial charge in [-0.15, -0.1) is 0 Å². The highest BCUT2D eigenvalue weighted by molar-refractivity contribution is 5.90. The number of carbonyl (C=O) groups is 2. The number of ether oxygens (including phenoxy) is 1. The number of aromatic hydroxyl groups is 1. The van der Waals surface area contributed by atoms with E-state index in [4.69, 9.17) is 9.84 Å². The predicted octanol–water partition coefficient (Wildman–Crippen LogP) is 3.82. The highest BCUT2D eigenvalue weighted by atomic mass is 16.5. The summed E-state index contributed by atoms with van der Waals surface area (Å²) < 4.78 is 5.94. The fourth-order valence-electron chi connectivity index (χ4n) is 7.09. The molecule has 0 radical (unpaired) electrons. The monoisotopic (exact) mass is 507 g/mol. The van der Waals surface area contributed by atoms with Crippen LogP contribution in [0, 0.1) is 5.92 Å². The average molecular weight is 508 g/mol. The van der Waals surface area contributed by atoms with Gasteiger partial charge in [0, 0.05) is 18.0 Å². The number of benzene rings is 2. The summed E-state index contributed by atoms with van der Waals surface area (Å²) in [6.45, 7) is 6.88. The molecular formula is C30H37NO6. The van der Waals surface area contributed by atoms with Gasteiger partial charge in [0.05, 0.1) is 16.9 Å². The van der Waals surface area contributed by atoms with E-state index in [9.17, 15) is 19.8 Å². The molecule has 1 spiro atoms. The van der Waals surface area contributed by atoms with Crippen LogP contribution in [-0.4, -0.2) is 63.3 Å². The number of likely N-dealkylation sites (tertiary alicyclic amines) is 1. The summed E-state index contributed by atoms with van der Waals surface area (Å²) in [6, 6.07) is 11.4. The van der Waals surface area contributed by atoms with Crippen LogP contribution in [0.25, 0.3) is 0 Å². The zero-order valence-electron chi connectivity index (χ0n) is 22.0. The lowest BCUT2D eigenvalue weighted by Crippen LogP contribution is -2.76. The number of Topliss-reactive ketones (excluding diaryl/α,β-unsaturated/α-hetero) is 1. The zero-order valence-corrected chi connectivity index (χ0v) is 22.0. The number of carboxylic acid groups (broad SMARTS) is 1. The number of ketones is 1. The number of rotatable bonds is 4. The topological polar surface area (TPSA) is 107 Å². The Bertz CT molecular complexity index is 1220. The van der Waals surface area contributed by atoms with Crippen molar-refractivity contribution in [3.05, 3.63) is 58.7 Å². The third-order valence-electron chi connectivity index (χ3n) is 9.02. The maximum absolute atomic E-state index is 12.5. The van der Waals surface area contributed by atoms with Crippen molar-refractivity contribution < 1.29 is 29.6 Å². The Kier molecular flexibility index (Phi) is 6.35. The largest absolute Gasteiger partial charge is 0.504 e. The molecule has 2 heterocycles. The van der Waals surface area contributed by atoms with Gasteiger partial charge in [0.25, 0.3) is 0 Å². The molecule has 2 aromatic rings. The van der Waals surface area contributed by atoms with Gasteiger partial charge in [0.15, 0.2) is 23.4 Å². The number of aliphatic carboxylic acids is 1. The van der Waals surface area contributed by atoms with Crippen LogP contribution in [-0.2, 0) is 27.8 Å². The molecule has 2 bridgehead atoms. The van der Waals surface area contributed by atoms with Crippen LogP contribution in [0.3, 0.4) is 0 Å².